The molecule has 0 aliphatic rings. The molecule has 0 atom stereocenters. The van der Waals surface area contributed by atoms with Gasteiger partial charge in [0.05, 0.1) is 10.5 Å². The van der Waals surface area contributed by atoms with Crippen molar-refractivity contribution >= 4 is 16.0 Å². The molecule has 0 unspecified atom stereocenters. The average molecular weight is 285 g/mol. The van der Waals surface area contributed by atoms with Gasteiger partial charge in [-0.15, -0.1) is 0 Å². The molecule has 0 saturated heterocycles. The lowest BCUT2D eigenvalue weighted by Crippen LogP contribution is -2.27. The summed E-state index contributed by atoms with van der Waals surface area (Å²) in [7, 11) is -2.12. The van der Waals surface area contributed by atoms with Gasteiger partial charge in [0.1, 0.15) is 0 Å². The van der Waals surface area contributed by atoms with Crippen LogP contribution in [0.1, 0.15) is 36.2 Å². The standard InChI is InChI=1S/C13H19NO4S/c1-4-8-14(3)19(17,18)11-7-6-10(5-2)12(9-11)13(15)16/h6-7,9H,4-5,8H2,1-3H3,(H,15,16). The molecule has 1 aromatic carbocycles. The molecule has 0 radical (unpaired) electrons. The van der Waals surface area contributed by atoms with Crippen molar-refractivity contribution in [3.8, 4) is 0 Å². The maximum atomic E-state index is 12.2. The first-order chi connectivity index (χ1) is 8.84. The van der Waals surface area contributed by atoms with Crippen molar-refractivity contribution in [2.24, 2.45) is 0 Å². The van der Waals surface area contributed by atoms with Gasteiger partial charge in [-0.2, -0.15) is 0 Å². The van der Waals surface area contributed by atoms with Gasteiger partial charge in [0.2, 0.25) is 10.0 Å². The van der Waals surface area contributed by atoms with Crippen molar-refractivity contribution in [3.63, 3.8) is 0 Å². The van der Waals surface area contributed by atoms with E-state index in [1.54, 1.807) is 6.07 Å². The van der Waals surface area contributed by atoms with E-state index in [4.69, 9.17) is 5.11 Å². The van der Waals surface area contributed by atoms with Crippen LogP contribution >= 0.6 is 0 Å². The largest absolute Gasteiger partial charge is 0.478 e. The molecule has 0 fully saturated rings. The highest BCUT2D eigenvalue weighted by molar-refractivity contribution is 7.89. The third-order valence-electron chi connectivity index (χ3n) is 2.94. The summed E-state index contributed by atoms with van der Waals surface area (Å²) in [4.78, 5) is 11.2. The summed E-state index contributed by atoms with van der Waals surface area (Å²) in [5.74, 6) is -1.10. The number of carboxylic acids is 1. The monoisotopic (exact) mass is 285 g/mol. The summed E-state index contributed by atoms with van der Waals surface area (Å²) in [6, 6.07) is 4.27. The molecule has 0 aliphatic heterocycles. The van der Waals surface area contributed by atoms with E-state index in [1.807, 2.05) is 13.8 Å². The zero-order chi connectivity index (χ0) is 14.6. The van der Waals surface area contributed by atoms with Gasteiger partial charge in [0.15, 0.2) is 0 Å². The van der Waals surface area contributed by atoms with Crippen LogP contribution in [0, 0.1) is 0 Å². The molecule has 0 spiro atoms. The van der Waals surface area contributed by atoms with E-state index in [0.717, 1.165) is 0 Å². The molecule has 1 aromatic rings. The van der Waals surface area contributed by atoms with E-state index >= 15 is 0 Å². The van der Waals surface area contributed by atoms with Crippen molar-refractivity contribution in [1.82, 2.24) is 4.31 Å². The van der Waals surface area contributed by atoms with Crippen molar-refractivity contribution in [2.45, 2.75) is 31.6 Å². The van der Waals surface area contributed by atoms with Crippen molar-refractivity contribution < 1.29 is 18.3 Å². The van der Waals surface area contributed by atoms with Crippen molar-refractivity contribution in [1.29, 1.82) is 0 Å². The summed E-state index contributed by atoms with van der Waals surface area (Å²) in [6.07, 6.45) is 1.25. The van der Waals surface area contributed by atoms with Gasteiger partial charge in [0, 0.05) is 13.6 Å². The smallest absolute Gasteiger partial charge is 0.336 e. The number of nitrogens with zero attached hydrogens (tertiary/aromatic N) is 1. The first-order valence-electron chi connectivity index (χ1n) is 6.17. The van der Waals surface area contributed by atoms with Gasteiger partial charge in [0.25, 0.3) is 0 Å². The van der Waals surface area contributed by atoms with Crippen LogP contribution in [0.3, 0.4) is 0 Å². The fourth-order valence-corrected chi connectivity index (χ4v) is 3.13. The van der Waals surface area contributed by atoms with Gasteiger partial charge in [-0.05, 0) is 30.5 Å². The molecule has 1 rings (SSSR count). The number of benzene rings is 1. The van der Waals surface area contributed by atoms with E-state index in [2.05, 4.69) is 0 Å². The van der Waals surface area contributed by atoms with Crippen molar-refractivity contribution in [3.05, 3.63) is 29.3 Å². The highest BCUT2D eigenvalue weighted by Gasteiger charge is 2.22. The molecule has 0 aliphatic carbocycles. The molecular formula is C13H19NO4S. The number of aryl methyl sites for hydroxylation is 1. The predicted molar refractivity (Wildman–Crippen MR) is 72.9 cm³/mol. The lowest BCUT2D eigenvalue weighted by molar-refractivity contribution is 0.0695. The fourth-order valence-electron chi connectivity index (χ4n) is 1.84. The molecular weight excluding hydrogens is 266 g/mol. The van der Waals surface area contributed by atoms with Crippen LogP contribution < -0.4 is 0 Å². The number of aromatic carboxylic acids is 1. The molecule has 6 heteroatoms. The number of carbonyl (C=O) groups is 1. The molecule has 5 nitrogen and oxygen atoms in total. The number of hydrogen-bond donors (Lipinski definition) is 1. The molecule has 106 valence electrons. The normalized spacial score (nSPS) is 11.8. The van der Waals surface area contributed by atoms with E-state index in [0.29, 0.717) is 24.9 Å². The zero-order valence-corrected chi connectivity index (χ0v) is 12.2. The molecule has 0 heterocycles. The van der Waals surface area contributed by atoms with Crippen LogP contribution in [-0.4, -0.2) is 37.4 Å². The topological polar surface area (TPSA) is 74.7 Å². The Labute approximate surface area is 113 Å². The Balaban J connectivity index is 3.29. The lowest BCUT2D eigenvalue weighted by Gasteiger charge is -2.17. The number of carboxylic acid groups (broad SMARTS) is 1. The number of sulfonamides is 1. The summed E-state index contributed by atoms with van der Waals surface area (Å²) < 4.78 is 25.7. The third kappa shape index (κ3) is 3.33. The Kier molecular flexibility index (Phi) is 5.08. The Hall–Kier alpha value is -1.40. The average Bonchev–Trinajstić information content (AvgIpc) is 2.38. The molecule has 0 amide bonds. The van der Waals surface area contributed by atoms with Gasteiger partial charge in [-0.3, -0.25) is 0 Å². The minimum absolute atomic E-state index is 0.0260. The molecule has 1 N–H and O–H groups in total. The quantitative estimate of drug-likeness (QED) is 0.867. The molecule has 19 heavy (non-hydrogen) atoms. The van der Waals surface area contributed by atoms with Crippen LogP contribution in [0.25, 0.3) is 0 Å². The van der Waals surface area contributed by atoms with Crippen molar-refractivity contribution in [2.75, 3.05) is 13.6 Å². The van der Waals surface area contributed by atoms with Crippen LogP contribution in [0.5, 0.6) is 0 Å². The second-order valence-corrected chi connectivity index (χ2v) is 6.35. The molecule has 0 aromatic heterocycles. The van der Waals surface area contributed by atoms with E-state index in [9.17, 15) is 13.2 Å². The fraction of sp³-hybridized carbons (Fsp3) is 0.462. The first-order valence-corrected chi connectivity index (χ1v) is 7.61. The Morgan fingerprint density at radius 1 is 1.32 bits per heavy atom. The zero-order valence-electron chi connectivity index (χ0n) is 11.4. The highest BCUT2D eigenvalue weighted by atomic mass is 32.2. The van der Waals surface area contributed by atoms with E-state index in [-0.39, 0.29) is 10.5 Å². The second-order valence-electron chi connectivity index (χ2n) is 4.30. The van der Waals surface area contributed by atoms with Gasteiger partial charge < -0.3 is 5.11 Å². The SMILES string of the molecule is CCCN(C)S(=O)(=O)c1ccc(CC)c(C(=O)O)c1. The highest BCUT2D eigenvalue weighted by Crippen LogP contribution is 2.20. The predicted octanol–water partition coefficient (Wildman–Crippen LogP) is 1.98. The number of hydrogen-bond acceptors (Lipinski definition) is 3. The lowest BCUT2D eigenvalue weighted by atomic mass is 10.1. The minimum Gasteiger partial charge on any atom is -0.478 e. The third-order valence-corrected chi connectivity index (χ3v) is 4.79. The maximum absolute atomic E-state index is 12.2. The Bertz CT molecular complexity index is 566. The van der Waals surface area contributed by atoms with Gasteiger partial charge >= 0.3 is 5.97 Å². The van der Waals surface area contributed by atoms with Crippen LogP contribution in [0.2, 0.25) is 0 Å². The summed E-state index contributed by atoms with van der Waals surface area (Å²) >= 11 is 0. The first kappa shape index (κ1) is 15.7. The summed E-state index contributed by atoms with van der Waals surface area (Å²) in [6.45, 7) is 4.12. The molecule has 0 saturated carbocycles. The number of rotatable bonds is 6. The van der Waals surface area contributed by atoms with Crippen LogP contribution in [0.15, 0.2) is 23.1 Å². The van der Waals surface area contributed by atoms with Crippen LogP contribution in [0.4, 0.5) is 0 Å². The Morgan fingerprint density at radius 2 is 1.95 bits per heavy atom. The van der Waals surface area contributed by atoms with Gasteiger partial charge in [-0.25, -0.2) is 17.5 Å². The van der Waals surface area contributed by atoms with Gasteiger partial charge in [-0.1, -0.05) is 19.9 Å². The van der Waals surface area contributed by atoms with E-state index in [1.165, 1.54) is 23.5 Å². The minimum atomic E-state index is -3.61. The maximum Gasteiger partial charge on any atom is 0.336 e. The van der Waals surface area contributed by atoms with Crippen LogP contribution in [-0.2, 0) is 16.4 Å². The van der Waals surface area contributed by atoms with E-state index < -0.39 is 16.0 Å². The second kappa shape index (κ2) is 6.16. The Morgan fingerprint density at radius 3 is 2.42 bits per heavy atom. The summed E-state index contributed by atoms with van der Waals surface area (Å²) in [5.41, 5.74) is 0.679. The summed E-state index contributed by atoms with van der Waals surface area (Å²) in [5, 5.41) is 9.12. The molecule has 0 bridgehead atoms.